The maximum absolute atomic E-state index is 11.9. The molecule has 0 bridgehead atoms. The van der Waals surface area contributed by atoms with Gasteiger partial charge in [-0.3, -0.25) is 4.79 Å². The summed E-state index contributed by atoms with van der Waals surface area (Å²) in [5, 5.41) is 1.92. The van der Waals surface area contributed by atoms with Crippen LogP contribution in [0.4, 0.5) is 0 Å². The standard InChI is InChI=1S/C18H15NO2/c1-21-16-11-15(18(19)20)17(12-7-3-2-4-8-12)14-10-6-5-9-13(14)16/h2-11H,1H3,(H2,19,20). The van der Waals surface area contributed by atoms with Crippen LogP contribution in [0.25, 0.3) is 21.9 Å². The number of nitrogens with two attached hydrogens (primary N) is 1. The molecule has 0 aliphatic rings. The number of benzene rings is 3. The van der Waals surface area contributed by atoms with Gasteiger partial charge < -0.3 is 10.5 Å². The van der Waals surface area contributed by atoms with Crippen molar-refractivity contribution in [3.63, 3.8) is 0 Å². The highest BCUT2D eigenvalue weighted by molar-refractivity contribution is 6.11. The third-order valence-corrected chi connectivity index (χ3v) is 3.55. The molecule has 104 valence electrons. The van der Waals surface area contributed by atoms with E-state index in [1.807, 2.05) is 54.6 Å². The summed E-state index contributed by atoms with van der Waals surface area (Å²) in [5.74, 6) is 0.192. The molecule has 3 aromatic carbocycles. The quantitative estimate of drug-likeness (QED) is 0.795. The first-order valence-corrected chi connectivity index (χ1v) is 6.67. The second-order valence-electron chi connectivity index (χ2n) is 4.78. The van der Waals surface area contributed by atoms with E-state index < -0.39 is 5.91 Å². The third kappa shape index (κ3) is 2.23. The summed E-state index contributed by atoms with van der Waals surface area (Å²) < 4.78 is 5.40. The van der Waals surface area contributed by atoms with Crippen LogP contribution in [-0.2, 0) is 0 Å². The molecule has 0 heterocycles. The molecular weight excluding hydrogens is 262 g/mol. The van der Waals surface area contributed by atoms with E-state index in [0.29, 0.717) is 11.3 Å². The fourth-order valence-corrected chi connectivity index (χ4v) is 2.62. The minimum Gasteiger partial charge on any atom is -0.496 e. The number of carbonyl (C=O) groups excluding carboxylic acids is 1. The molecule has 0 radical (unpaired) electrons. The summed E-state index contributed by atoms with van der Waals surface area (Å²) in [6.45, 7) is 0. The van der Waals surface area contributed by atoms with Crippen molar-refractivity contribution in [2.45, 2.75) is 0 Å². The van der Waals surface area contributed by atoms with Crippen molar-refractivity contribution in [1.29, 1.82) is 0 Å². The van der Waals surface area contributed by atoms with E-state index in [2.05, 4.69) is 0 Å². The fraction of sp³-hybridized carbons (Fsp3) is 0.0556. The van der Waals surface area contributed by atoms with Gasteiger partial charge in [-0.2, -0.15) is 0 Å². The molecule has 0 aliphatic carbocycles. The smallest absolute Gasteiger partial charge is 0.249 e. The van der Waals surface area contributed by atoms with Gasteiger partial charge in [0.05, 0.1) is 12.7 Å². The number of hydrogen-bond donors (Lipinski definition) is 1. The number of methoxy groups -OCH3 is 1. The van der Waals surface area contributed by atoms with Crippen LogP contribution in [0.15, 0.2) is 60.7 Å². The van der Waals surface area contributed by atoms with E-state index in [-0.39, 0.29) is 0 Å². The van der Waals surface area contributed by atoms with E-state index >= 15 is 0 Å². The van der Waals surface area contributed by atoms with Crippen molar-refractivity contribution < 1.29 is 9.53 Å². The topological polar surface area (TPSA) is 52.3 Å². The van der Waals surface area contributed by atoms with Crippen LogP contribution in [-0.4, -0.2) is 13.0 Å². The molecular formula is C18H15NO2. The van der Waals surface area contributed by atoms with Crippen molar-refractivity contribution in [3.05, 3.63) is 66.2 Å². The van der Waals surface area contributed by atoms with Crippen molar-refractivity contribution in [2.75, 3.05) is 7.11 Å². The largest absolute Gasteiger partial charge is 0.496 e. The second-order valence-corrected chi connectivity index (χ2v) is 4.78. The number of hydrogen-bond acceptors (Lipinski definition) is 2. The normalized spacial score (nSPS) is 10.5. The molecule has 3 rings (SSSR count). The highest BCUT2D eigenvalue weighted by Crippen LogP contribution is 2.37. The fourth-order valence-electron chi connectivity index (χ4n) is 2.62. The van der Waals surface area contributed by atoms with E-state index in [1.165, 1.54) is 0 Å². The van der Waals surface area contributed by atoms with Crippen molar-refractivity contribution >= 4 is 16.7 Å². The second kappa shape index (κ2) is 5.29. The van der Waals surface area contributed by atoms with Gasteiger partial charge in [-0.15, -0.1) is 0 Å². The van der Waals surface area contributed by atoms with E-state index in [9.17, 15) is 4.79 Å². The zero-order chi connectivity index (χ0) is 14.8. The Kier molecular flexibility index (Phi) is 3.32. The lowest BCUT2D eigenvalue weighted by molar-refractivity contribution is 0.100. The van der Waals surface area contributed by atoms with E-state index in [0.717, 1.165) is 21.9 Å². The molecule has 0 unspecified atom stereocenters. The Hall–Kier alpha value is -2.81. The summed E-state index contributed by atoms with van der Waals surface area (Å²) >= 11 is 0. The average Bonchev–Trinajstić information content (AvgIpc) is 2.54. The van der Waals surface area contributed by atoms with Gasteiger partial charge in [0.1, 0.15) is 5.75 Å². The van der Waals surface area contributed by atoms with Gasteiger partial charge in [0.2, 0.25) is 5.91 Å². The number of ether oxygens (including phenoxy) is 1. The maximum Gasteiger partial charge on any atom is 0.249 e. The van der Waals surface area contributed by atoms with Gasteiger partial charge in [-0.25, -0.2) is 0 Å². The van der Waals surface area contributed by atoms with Gasteiger partial charge in [0.25, 0.3) is 0 Å². The summed E-state index contributed by atoms with van der Waals surface area (Å²) in [5.41, 5.74) is 7.85. The number of fused-ring (bicyclic) bond motifs is 1. The summed E-state index contributed by atoms with van der Waals surface area (Å²) in [7, 11) is 1.59. The molecule has 0 fully saturated rings. The molecule has 3 nitrogen and oxygen atoms in total. The molecule has 0 spiro atoms. The molecule has 3 heteroatoms. The van der Waals surface area contributed by atoms with Gasteiger partial charge >= 0.3 is 0 Å². The first kappa shape index (κ1) is 13.2. The minimum atomic E-state index is -0.460. The van der Waals surface area contributed by atoms with Crippen LogP contribution < -0.4 is 10.5 Å². The molecule has 21 heavy (non-hydrogen) atoms. The molecule has 0 aromatic heterocycles. The average molecular weight is 277 g/mol. The van der Waals surface area contributed by atoms with Gasteiger partial charge in [0, 0.05) is 10.9 Å². The number of amides is 1. The number of rotatable bonds is 3. The minimum absolute atomic E-state index is 0.460. The van der Waals surface area contributed by atoms with E-state index in [4.69, 9.17) is 10.5 Å². The first-order valence-electron chi connectivity index (χ1n) is 6.67. The van der Waals surface area contributed by atoms with Crippen LogP contribution >= 0.6 is 0 Å². The van der Waals surface area contributed by atoms with Gasteiger partial charge in [-0.05, 0) is 17.0 Å². The lowest BCUT2D eigenvalue weighted by Gasteiger charge is -2.14. The Morgan fingerprint density at radius 3 is 2.19 bits per heavy atom. The Balaban J connectivity index is 2.46. The predicted octanol–water partition coefficient (Wildman–Crippen LogP) is 3.61. The Labute approximate surface area is 123 Å². The van der Waals surface area contributed by atoms with Gasteiger partial charge in [-0.1, -0.05) is 54.6 Å². The number of carbonyl (C=O) groups is 1. The van der Waals surface area contributed by atoms with Crippen LogP contribution in [0.3, 0.4) is 0 Å². The van der Waals surface area contributed by atoms with Crippen LogP contribution in [0.5, 0.6) is 5.75 Å². The molecule has 3 aromatic rings. The highest BCUT2D eigenvalue weighted by Gasteiger charge is 2.17. The van der Waals surface area contributed by atoms with Crippen molar-refractivity contribution in [2.24, 2.45) is 5.73 Å². The summed E-state index contributed by atoms with van der Waals surface area (Å²) in [6, 6.07) is 19.3. The predicted molar refractivity (Wildman–Crippen MR) is 84.5 cm³/mol. The molecule has 0 aliphatic heterocycles. The first-order chi connectivity index (χ1) is 10.2. The molecule has 0 saturated carbocycles. The lowest BCUT2D eigenvalue weighted by atomic mass is 9.92. The highest BCUT2D eigenvalue weighted by atomic mass is 16.5. The Morgan fingerprint density at radius 2 is 1.57 bits per heavy atom. The summed E-state index contributed by atoms with van der Waals surface area (Å²) in [6.07, 6.45) is 0. The van der Waals surface area contributed by atoms with Crippen molar-refractivity contribution in [1.82, 2.24) is 0 Å². The zero-order valence-corrected chi connectivity index (χ0v) is 11.7. The number of primary amides is 1. The van der Waals surface area contributed by atoms with Crippen molar-refractivity contribution in [3.8, 4) is 16.9 Å². The molecule has 1 amide bonds. The molecule has 0 saturated heterocycles. The maximum atomic E-state index is 11.9. The van der Waals surface area contributed by atoms with Crippen LogP contribution in [0.2, 0.25) is 0 Å². The molecule has 2 N–H and O–H groups in total. The monoisotopic (exact) mass is 277 g/mol. The third-order valence-electron chi connectivity index (χ3n) is 3.55. The van der Waals surface area contributed by atoms with Crippen LogP contribution in [0, 0.1) is 0 Å². The molecule has 0 atom stereocenters. The zero-order valence-electron chi connectivity index (χ0n) is 11.7. The van der Waals surface area contributed by atoms with Crippen LogP contribution in [0.1, 0.15) is 10.4 Å². The SMILES string of the molecule is COc1cc(C(N)=O)c(-c2ccccc2)c2ccccc12. The summed E-state index contributed by atoms with van der Waals surface area (Å²) in [4.78, 5) is 11.9. The Morgan fingerprint density at radius 1 is 0.952 bits per heavy atom. The van der Waals surface area contributed by atoms with Gasteiger partial charge in [0.15, 0.2) is 0 Å². The van der Waals surface area contributed by atoms with E-state index in [1.54, 1.807) is 13.2 Å². The lowest BCUT2D eigenvalue weighted by Crippen LogP contribution is -2.13. The Bertz CT molecular complexity index is 810.